The Morgan fingerprint density at radius 3 is 2.34 bits per heavy atom. The van der Waals surface area contributed by atoms with Gasteiger partial charge in [-0.15, -0.1) is 0 Å². The summed E-state index contributed by atoms with van der Waals surface area (Å²) in [5.41, 5.74) is 17.6. The van der Waals surface area contributed by atoms with E-state index in [1.54, 1.807) is 6.08 Å². The number of hydrogen-bond acceptors (Lipinski definition) is 10. The Kier molecular flexibility index (Phi) is 10.6. The van der Waals surface area contributed by atoms with Crippen LogP contribution in [-0.4, -0.2) is 80.2 Å². The third kappa shape index (κ3) is 7.56. The Balaban J connectivity index is 1.30. The first-order chi connectivity index (χ1) is 23.7. The number of nitrogen functional groups attached to an aromatic ring is 2. The fraction of sp³-hybridized carbons (Fsp3) is 0.553. The lowest BCUT2D eigenvalue weighted by molar-refractivity contribution is -0.132. The van der Waals surface area contributed by atoms with Crippen molar-refractivity contribution in [3.63, 3.8) is 0 Å². The molecule has 3 heterocycles. The van der Waals surface area contributed by atoms with Gasteiger partial charge in [-0.25, -0.2) is 9.37 Å². The highest BCUT2D eigenvalue weighted by atomic mass is 19.1. The van der Waals surface area contributed by atoms with Gasteiger partial charge in [-0.2, -0.15) is 0 Å². The quantitative estimate of drug-likeness (QED) is 0.111. The maximum absolute atomic E-state index is 15.7. The Hall–Kier alpha value is -3.52. The largest absolute Gasteiger partial charge is 0.397 e. The normalized spacial score (nSPS) is 26.6. The van der Waals surface area contributed by atoms with Crippen molar-refractivity contribution in [1.82, 2.24) is 25.1 Å². The second-order valence-corrected chi connectivity index (χ2v) is 15.2. The number of H-pyrrole nitrogens is 1. The molecule has 8 atom stereocenters. The van der Waals surface area contributed by atoms with E-state index in [0.29, 0.717) is 17.9 Å². The number of anilines is 2. The van der Waals surface area contributed by atoms with Gasteiger partial charge in [0.1, 0.15) is 18.2 Å². The minimum Gasteiger partial charge on any atom is -0.397 e. The van der Waals surface area contributed by atoms with E-state index in [1.807, 2.05) is 75.9 Å². The predicted molar refractivity (Wildman–Crippen MR) is 194 cm³/mol. The van der Waals surface area contributed by atoms with Gasteiger partial charge in [-0.3, -0.25) is 10.2 Å². The number of fused-ring (bicyclic) bond motifs is 1. The zero-order valence-electron chi connectivity index (χ0n) is 30.0. The van der Waals surface area contributed by atoms with E-state index in [9.17, 15) is 10.2 Å². The molecule has 0 radical (unpaired) electrons. The monoisotopic (exact) mass is 691 g/mol. The summed E-state index contributed by atoms with van der Waals surface area (Å²) < 4.78 is 26.7. The number of likely N-dealkylation sites (tertiary alicyclic amines) is 2. The number of aromatic nitrogens is 2. The summed E-state index contributed by atoms with van der Waals surface area (Å²) in [4.78, 5) is 12.9. The molecule has 0 saturated carbocycles. The summed E-state index contributed by atoms with van der Waals surface area (Å²) in [6, 6.07) is 11.5. The molecule has 272 valence electrons. The number of nitrogens with one attached hydrogen (secondary N) is 2. The minimum atomic E-state index is -1.29. The molecule has 0 spiro atoms. The molecular formula is C38H54FN7O4. The molecule has 1 aliphatic carbocycles. The Morgan fingerprint density at radius 2 is 1.70 bits per heavy atom. The number of hydrogen-bond donors (Lipinski definition) is 6. The van der Waals surface area contributed by atoms with Crippen LogP contribution in [0.15, 0.2) is 60.3 Å². The predicted octanol–water partition coefficient (Wildman–Crippen LogP) is 5.57. The number of aliphatic hydroxyl groups is 2. The first-order valence-corrected chi connectivity index (χ1v) is 17.8. The van der Waals surface area contributed by atoms with E-state index in [0.717, 1.165) is 59.4 Å². The van der Waals surface area contributed by atoms with Crippen molar-refractivity contribution in [2.75, 3.05) is 25.1 Å². The molecule has 12 heteroatoms. The summed E-state index contributed by atoms with van der Waals surface area (Å²) in [6.45, 7) is 10.5. The fourth-order valence-corrected chi connectivity index (χ4v) is 7.80. The van der Waals surface area contributed by atoms with Gasteiger partial charge in [0.25, 0.3) is 0 Å². The zero-order chi connectivity index (χ0) is 35.9. The molecule has 1 aromatic heterocycles. The van der Waals surface area contributed by atoms with E-state index < -0.39 is 36.6 Å². The number of alkyl halides is 1. The molecule has 3 aromatic rings. The number of aliphatic hydroxyl groups excluding tert-OH is 2. The molecule has 0 amide bonds. The van der Waals surface area contributed by atoms with E-state index in [2.05, 4.69) is 27.3 Å². The van der Waals surface area contributed by atoms with E-state index in [1.165, 1.54) is 7.11 Å². The van der Waals surface area contributed by atoms with Gasteiger partial charge in [-0.1, -0.05) is 32.1 Å². The van der Waals surface area contributed by atoms with Gasteiger partial charge in [0.15, 0.2) is 6.17 Å². The van der Waals surface area contributed by atoms with Crippen LogP contribution < -0.4 is 16.8 Å². The minimum absolute atomic E-state index is 0.0343. The lowest BCUT2D eigenvalue weighted by Gasteiger charge is -2.37. The Bertz CT molecular complexity index is 1700. The number of imidazole rings is 1. The van der Waals surface area contributed by atoms with Crippen LogP contribution in [0.4, 0.5) is 15.8 Å². The molecule has 2 aliphatic heterocycles. The second-order valence-electron chi connectivity index (χ2n) is 15.2. The van der Waals surface area contributed by atoms with Crippen molar-refractivity contribution in [1.29, 1.82) is 0 Å². The van der Waals surface area contributed by atoms with Crippen molar-refractivity contribution in [3.05, 3.63) is 77.3 Å². The highest BCUT2D eigenvalue weighted by Gasteiger charge is 2.40. The van der Waals surface area contributed by atoms with Crippen LogP contribution in [0.25, 0.3) is 11.0 Å². The molecule has 2 aromatic carbocycles. The number of benzene rings is 2. The molecule has 3 aliphatic rings. The summed E-state index contributed by atoms with van der Waals surface area (Å²) >= 11 is 0. The lowest BCUT2D eigenvalue weighted by atomic mass is 10.00. The van der Waals surface area contributed by atoms with Gasteiger partial charge in [0.05, 0.1) is 52.2 Å². The van der Waals surface area contributed by atoms with Crippen LogP contribution in [0.3, 0.4) is 0 Å². The SMILES string of the molecule is COC(O)N[C@@H](C(C)C)C(O)N1CCC[C@H]1c1nc2ccc([C@H]3CC[C@H](c4ccc(N)c(N)c4)N3C3=CC(F)C(OC(C)(C)C)C=C3)cc2[nH]1. The third-order valence-corrected chi connectivity index (χ3v) is 10.2. The van der Waals surface area contributed by atoms with Crippen molar-refractivity contribution in [3.8, 4) is 0 Å². The van der Waals surface area contributed by atoms with Crippen LogP contribution in [0.2, 0.25) is 0 Å². The molecule has 0 bridgehead atoms. The summed E-state index contributed by atoms with van der Waals surface area (Å²) in [6.07, 6.45) is 4.97. The average Bonchev–Trinajstić information content (AvgIpc) is 3.82. The fourth-order valence-electron chi connectivity index (χ4n) is 7.80. The Labute approximate surface area is 294 Å². The molecular weight excluding hydrogens is 637 g/mol. The Morgan fingerprint density at radius 1 is 1.00 bits per heavy atom. The number of methoxy groups -OCH3 is 1. The maximum Gasteiger partial charge on any atom is 0.213 e. The topological polar surface area (TPSA) is 158 Å². The number of ether oxygens (including phenoxy) is 2. The van der Waals surface area contributed by atoms with E-state index in [-0.39, 0.29) is 24.0 Å². The van der Waals surface area contributed by atoms with Gasteiger partial charge in [0.2, 0.25) is 6.41 Å². The van der Waals surface area contributed by atoms with E-state index >= 15 is 4.39 Å². The number of halogens is 1. The zero-order valence-corrected chi connectivity index (χ0v) is 30.0. The van der Waals surface area contributed by atoms with Crippen LogP contribution in [0, 0.1) is 5.92 Å². The molecule has 50 heavy (non-hydrogen) atoms. The standard InChI is InChI=1S/C38H54FN7O4/c1-21(2)34(44-37(48)49-6)36(47)45-17-7-8-32(45)35-42-28-13-10-23(19-29(28)43-35)31-15-14-30(22-9-12-26(40)27(41)18-22)46(31)24-11-16-33(25(39)20-24)50-38(3,4)5/h9-13,16,18-21,25,30-34,36-37,44,47-48H,7-8,14-15,17,40-41H2,1-6H3,(H,42,43)/t25?,30-,31-,32+,33?,34+,36?,37?/m1/s1. The van der Waals surface area contributed by atoms with Crippen LogP contribution in [-0.2, 0) is 9.47 Å². The van der Waals surface area contributed by atoms with Gasteiger partial charge in [0, 0.05) is 19.4 Å². The van der Waals surface area contributed by atoms with Crippen molar-refractivity contribution < 1.29 is 24.1 Å². The van der Waals surface area contributed by atoms with Crippen molar-refractivity contribution in [2.24, 2.45) is 5.92 Å². The van der Waals surface area contributed by atoms with Crippen LogP contribution in [0.1, 0.15) is 95.4 Å². The van der Waals surface area contributed by atoms with Gasteiger partial charge < -0.3 is 41.0 Å². The van der Waals surface area contributed by atoms with E-state index in [4.69, 9.17) is 25.9 Å². The molecule has 11 nitrogen and oxygen atoms in total. The van der Waals surface area contributed by atoms with Crippen molar-refractivity contribution >= 4 is 22.4 Å². The summed E-state index contributed by atoms with van der Waals surface area (Å²) in [5.74, 6) is 0.834. The van der Waals surface area contributed by atoms with Gasteiger partial charge >= 0.3 is 0 Å². The molecule has 2 saturated heterocycles. The highest BCUT2D eigenvalue weighted by Crippen LogP contribution is 2.48. The highest BCUT2D eigenvalue weighted by molar-refractivity contribution is 5.76. The number of allylic oxidation sites excluding steroid dienone is 1. The number of nitrogens with two attached hydrogens (primary N) is 2. The van der Waals surface area contributed by atoms with Crippen molar-refractivity contribution in [2.45, 2.75) is 115 Å². The van der Waals surface area contributed by atoms with Crippen LogP contribution in [0.5, 0.6) is 0 Å². The molecule has 6 rings (SSSR count). The number of aromatic amines is 1. The van der Waals surface area contributed by atoms with Crippen LogP contribution >= 0.6 is 0 Å². The summed E-state index contributed by atoms with van der Waals surface area (Å²) in [7, 11) is 1.42. The maximum atomic E-state index is 15.7. The molecule has 4 unspecified atom stereocenters. The second kappa shape index (κ2) is 14.6. The number of rotatable bonds is 11. The third-order valence-electron chi connectivity index (χ3n) is 10.2. The molecule has 8 N–H and O–H groups in total. The average molecular weight is 692 g/mol. The number of nitrogens with zero attached hydrogens (tertiary/aromatic N) is 3. The first kappa shape index (κ1) is 36.3. The molecule has 2 fully saturated rings. The first-order valence-electron chi connectivity index (χ1n) is 17.8. The lowest BCUT2D eigenvalue weighted by Crippen LogP contribution is -2.55. The smallest absolute Gasteiger partial charge is 0.213 e. The van der Waals surface area contributed by atoms with Gasteiger partial charge in [-0.05, 0) is 99.9 Å². The summed E-state index contributed by atoms with van der Waals surface area (Å²) in [5, 5.41) is 24.6.